The zero-order chi connectivity index (χ0) is 23.2. The van der Waals surface area contributed by atoms with E-state index in [4.69, 9.17) is 4.98 Å². The molecule has 0 fully saturated rings. The number of nitrogens with zero attached hydrogens (tertiary/aromatic N) is 2. The molecule has 0 radical (unpaired) electrons. The van der Waals surface area contributed by atoms with E-state index in [1.807, 2.05) is 0 Å². The van der Waals surface area contributed by atoms with Gasteiger partial charge >= 0.3 is 0 Å². The van der Waals surface area contributed by atoms with E-state index >= 15 is 0 Å². The molecule has 7 rings (SSSR count). The summed E-state index contributed by atoms with van der Waals surface area (Å²) in [5.41, 5.74) is 8.66. The lowest BCUT2D eigenvalue weighted by molar-refractivity contribution is 0.596. The molecule has 0 saturated heterocycles. The van der Waals surface area contributed by atoms with Crippen LogP contribution in [-0.4, -0.2) is 9.38 Å². The van der Waals surface area contributed by atoms with Gasteiger partial charge in [0.15, 0.2) is 0 Å². The van der Waals surface area contributed by atoms with Crippen LogP contribution in [0.4, 0.5) is 0 Å². The maximum absolute atomic E-state index is 4.98. The summed E-state index contributed by atoms with van der Waals surface area (Å²) in [5.74, 6) is 0. The summed E-state index contributed by atoms with van der Waals surface area (Å²) in [6.45, 7) is 9.03. The lowest BCUT2D eigenvalue weighted by atomic mass is 9.82. The fraction of sp³-hybridized carbons (Fsp3) is 0.156. The monoisotopic (exact) mass is 438 g/mol. The molecule has 2 heteroatoms. The number of rotatable bonds is 1. The summed E-state index contributed by atoms with van der Waals surface area (Å²) in [4.78, 5) is 4.98. The first-order chi connectivity index (χ1) is 16.4. The summed E-state index contributed by atoms with van der Waals surface area (Å²) >= 11 is 0. The smallest absolute Gasteiger partial charge is 0.0723 e. The number of benzene rings is 4. The van der Waals surface area contributed by atoms with Crippen LogP contribution in [0.1, 0.15) is 31.9 Å². The zero-order valence-corrected chi connectivity index (χ0v) is 20.0. The molecule has 164 valence electrons. The van der Waals surface area contributed by atoms with Gasteiger partial charge in [-0.3, -0.25) is 4.98 Å². The second kappa shape index (κ2) is 6.57. The van der Waals surface area contributed by atoms with Crippen molar-refractivity contribution in [3.8, 4) is 11.3 Å². The number of hydrogen-bond donors (Lipinski definition) is 0. The van der Waals surface area contributed by atoms with E-state index in [-0.39, 0.29) is 5.41 Å². The average Bonchev–Trinajstić information content (AvgIpc) is 3.34. The number of aryl methyl sites for hydroxylation is 1. The van der Waals surface area contributed by atoms with Crippen molar-refractivity contribution in [2.45, 2.75) is 33.1 Å². The van der Waals surface area contributed by atoms with Gasteiger partial charge in [-0.25, -0.2) is 0 Å². The Labute approximate surface area is 198 Å². The summed E-state index contributed by atoms with van der Waals surface area (Å²) in [7, 11) is 0. The molecule has 0 saturated carbocycles. The van der Waals surface area contributed by atoms with Gasteiger partial charge in [-0.15, -0.1) is 0 Å². The van der Waals surface area contributed by atoms with Crippen LogP contribution >= 0.6 is 0 Å². The van der Waals surface area contributed by atoms with E-state index < -0.39 is 0 Å². The van der Waals surface area contributed by atoms with Gasteiger partial charge < -0.3 is 4.40 Å². The van der Waals surface area contributed by atoms with Crippen LogP contribution in [0.5, 0.6) is 0 Å². The summed E-state index contributed by atoms with van der Waals surface area (Å²) in [6.07, 6.45) is 2.07. The SMILES string of the molecule is Cc1ccc2c(c1)c1cccc3c4cnc(-c5cc(C(C)(C)C)c6ccccc6c5)cc4n2c13. The van der Waals surface area contributed by atoms with E-state index in [1.54, 1.807) is 0 Å². The molecule has 0 spiro atoms. The normalized spacial score (nSPS) is 12.7. The Morgan fingerprint density at radius 1 is 0.676 bits per heavy atom. The van der Waals surface area contributed by atoms with Gasteiger partial charge in [-0.2, -0.15) is 0 Å². The van der Waals surface area contributed by atoms with E-state index in [0.717, 1.165) is 5.69 Å². The van der Waals surface area contributed by atoms with Gasteiger partial charge in [0.1, 0.15) is 0 Å². The topological polar surface area (TPSA) is 17.3 Å². The van der Waals surface area contributed by atoms with Crippen LogP contribution in [0.15, 0.2) is 85.1 Å². The van der Waals surface area contributed by atoms with E-state index in [2.05, 4.69) is 117 Å². The standard InChI is InChI=1S/C32H26N2/c1-19-12-13-29-25(14-19)23-10-7-11-24-26-18-33-28(17-30(26)34(29)31(23)24)21-15-20-8-5-6-9-22(20)27(16-21)32(2,3)4/h5-18H,1-4H3. The van der Waals surface area contributed by atoms with Gasteiger partial charge in [0.2, 0.25) is 0 Å². The first-order valence-electron chi connectivity index (χ1n) is 12.0. The fourth-order valence-electron chi connectivity index (χ4n) is 5.72. The zero-order valence-electron chi connectivity index (χ0n) is 20.0. The minimum atomic E-state index is 0.0449. The van der Waals surface area contributed by atoms with Crippen LogP contribution in [0.25, 0.3) is 60.1 Å². The van der Waals surface area contributed by atoms with Gasteiger partial charge in [0.05, 0.1) is 22.2 Å². The summed E-state index contributed by atoms with van der Waals surface area (Å²) in [6, 6.07) is 29.0. The molecule has 3 aromatic heterocycles. The van der Waals surface area contributed by atoms with Crippen molar-refractivity contribution in [2.75, 3.05) is 0 Å². The molecule has 0 aliphatic rings. The Kier molecular flexibility index (Phi) is 3.78. The second-order valence-electron chi connectivity index (χ2n) is 10.6. The van der Waals surface area contributed by atoms with Crippen molar-refractivity contribution < 1.29 is 0 Å². The number of para-hydroxylation sites is 1. The van der Waals surface area contributed by atoms with E-state index in [0.29, 0.717) is 0 Å². The minimum absolute atomic E-state index is 0.0449. The molecule has 0 aliphatic heterocycles. The van der Waals surface area contributed by atoms with Gasteiger partial charge in [0, 0.05) is 33.3 Å². The molecule has 4 aromatic carbocycles. The van der Waals surface area contributed by atoms with Crippen molar-refractivity contribution in [1.29, 1.82) is 0 Å². The quantitative estimate of drug-likeness (QED) is 0.251. The Bertz CT molecular complexity index is 1900. The lowest BCUT2D eigenvalue weighted by Crippen LogP contribution is -2.12. The average molecular weight is 439 g/mol. The molecule has 3 heterocycles. The molecule has 0 amide bonds. The van der Waals surface area contributed by atoms with Gasteiger partial charge in [-0.1, -0.05) is 74.9 Å². The Morgan fingerprint density at radius 2 is 1.44 bits per heavy atom. The highest BCUT2D eigenvalue weighted by molar-refractivity contribution is 6.23. The minimum Gasteiger partial charge on any atom is -0.308 e. The molecule has 34 heavy (non-hydrogen) atoms. The van der Waals surface area contributed by atoms with Crippen molar-refractivity contribution in [3.05, 3.63) is 96.2 Å². The molecule has 0 N–H and O–H groups in total. The maximum Gasteiger partial charge on any atom is 0.0723 e. The highest BCUT2D eigenvalue weighted by Gasteiger charge is 2.20. The number of hydrogen-bond acceptors (Lipinski definition) is 1. The maximum atomic E-state index is 4.98. The highest BCUT2D eigenvalue weighted by atomic mass is 14.9. The number of pyridine rings is 1. The third-order valence-electron chi connectivity index (χ3n) is 7.32. The Hall–Kier alpha value is -3.91. The van der Waals surface area contributed by atoms with Crippen LogP contribution in [-0.2, 0) is 5.41 Å². The third-order valence-corrected chi connectivity index (χ3v) is 7.32. The van der Waals surface area contributed by atoms with E-state index in [9.17, 15) is 0 Å². The molecule has 0 bridgehead atoms. The largest absolute Gasteiger partial charge is 0.308 e. The van der Waals surface area contributed by atoms with Crippen molar-refractivity contribution in [3.63, 3.8) is 0 Å². The highest BCUT2D eigenvalue weighted by Crippen LogP contribution is 2.40. The lowest BCUT2D eigenvalue weighted by Gasteiger charge is -2.22. The molecular weight excluding hydrogens is 412 g/mol. The van der Waals surface area contributed by atoms with Crippen LogP contribution < -0.4 is 0 Å². The molecule has 7 aromatic rings. The molecule has 2 nitrogen and oxygen atoms in total. The third kappa shape index (κ3) is 2.60. The van der Waals surface area contributed by atoms with Crippen molar-refractivity contribution >= 4 is 48.9 Å². The molecule has 0 atom stereocenters. The second-order valence-corrected chi connectivity index (χ2v) is 10.6. The van der Waals surface area contributed by atoms with Crippen molar-refractivity contribution in [1.82, 2.24) is 9.38 Å². The van der Waals surface area contributed by atoms with Gasteiger partial charge in [0.25, 0.3) is 0 Å². The first-order valence-corrected chi connectivity index (χ1v) is 12.0. The number of fused-ring (bicyclic) bond motifs is 7. The predicted molar refractivity (Wildman–Crippen MR) is 145 cm³/mol. The summed E-state index contributed by atoms with van der Waals surface area (Å²) in [5, 5.41) is 7.70. The fourth-order valence-corrected chi connectivity index (χ4v) is 5.72. The predicted octanol–water partition coefficient (Wildman–Crippen LogP) is 8.66. The molecular formula is C32H26N2. The van der Waals surface area contributed by atoms with Gasteiger partial charge in [-0.05, 0) is 59.0 Å². The molecule has 0 unspecified atom stereocenters. The molecule has 0 aliphatic carbocycles. The Morgan fingerprint density at radius 3 is 2.26 bits per heavy atom. The van der Waals surface area contributed by atoms with Crippen LogP contribution in [0.2, 0.25) is 0 Å². The Balaban J connectivity index is 1.58. The number of aromatic nitrogens is 2. The first kappa shape index (κ1) is 19.5. The van der Waals surface area contributed by atoms with E-state index in [1.165, 1.54) is 65.6 Å². The summed E-state index contributed by atoms with van der Waals surface area (Å²) < 4.78 is 2.44. The van der Waals surface area contributed by atoms with Crippen LogP contribution in [0, 0.1) is 6.92 Å². The van der Waals surface area contributed by atoms with Crippen LogP contribution in [0.3, 0.4) is 0 Å². The van der Waals surface area contributed by atoms with Crippen molar-refractivity contribution in [2.24, 2.45) is 0 Å².